The van der Waals surface area contributed by atoms with Crippen molar-refractivity contribution in [2.75, 3.05) is 0 Å². The Labute approximate surface area is 238 Å². The van der Waals surface area contributed by atoms with Crippen LogP contribution < -0.4 is 0 Å². The predicted octanol–water partition coefficient (Wildman–Crippen LogP) is 10.3. The summed E-state index contributed by atoms with van der Waals surface area (Å²) in [5.74, 6) is 3.29. The Balaban J connectivity index is 1.66. The maximum Gasteiger partial charge on any atom is 0.0270 e. The first-order valence-electron chi connectivity index (χ1n) is 15.5. The zero-order valence-electron chi connectivity index (χ0n) is 25.0. The Hall–Kier alpha value is -2.60. The third kappa shape index (κ3) is 4.43. The van der Waals surface area contributed by atoms with E-state index in [-0.39, 0.29) is 16.2 Å². The summed E-state index contributed by atoms with van der Waals surface area (Å²) < 4.78 is 0. The van der Waals surface area contributed by atoms with Gasteiger partial charge in [0.05, 0.1) is 0 Å². The first-order chi connectivity index (χ1) is 18.6. The molecule has 2 aromatic carbocycles. The van der Waals surface area contributed by atoms with Crippen LogP contribution in [0.2, 0.25) is 0 Å². The molecule has 2 saturated carbocycles. The molecule has 0 aliphatic heterocycles. The third-order valence-electron chi connectivity index (χ3n) is 10.7. The molecule has 6 rings (SSSR count). The molecule has 0 heterocycles. The third-order valence-corrected chi connectivity index (χ3v) is 10.7. The van der Waals surface area contributed by atoms with Gasteiger partial charge in [0.1, 0.15) is 0 Å². The molecule has 4 aliphatic carbocycles. The summed E-state index contributed by atoms with van der Waals surface area (Å²) in [6, 6.07) is 23.4. The molecule has 0 N–H and O–H groups in total. The highest BCUT2D eigenvalue weighted by Gasteiger charge is 2.60. The smallest absolute Gasteiger partial charge is 0.0270 e. The number of benzene rings is 2. The first-order valence-corrected chi connectivity index (χ1v) is 15.5. The minimum Gasteiger partial charge on any atom is -0.0799 e. The van der Waals surface area contributed by atoms with E-state index in [1.54, 1.807) is 0 Å². The number of allylic oxidation sites excluding steroid dienone is 8. The van der Waals surface area contributed by atoms with Crippen molar-refractivity contribution < 1.29 is 0 Å². The van der Waals surface area contributed by atoms with Gasteiger partial charge in [-0.25, -0.2) is 0 Å². The average molecular weight is 517 g/mol. The van der Waals surface area contributed by atoms with Crippen molar-refractivity contribution in [1.82, 2.24) is 0 Å². The van der Waals surface area contributed by atoms with E-state index in [1.807, 2.05) is 0 Å². The van der Waals surface area contributed by atoms with Gasteiger partial charge in [-0.2, -0.15) is 0 Å². The number of hydrogen-bond acceptors (Lipinski definition) is 0. The lowest BCUT2D eigenvalue weighted by molar-refractivity contribution is 0.157. The van der Waals surface area contributed by atoms with Gasteiger partial charge in [-0.15, -0.1) is 0 Å². The van der Waals surface area contributed by atoms with E-state index in [4.69, 9.17) is 0 Å². The van der Waals surface area contributed by atoms with Gasteiger partial charge in [-0.05, 0) is 81.5 Å². The maximum absolute atomic E-state index is 2.74. The number of hydrogen-bond donors (Lipinski definition) is 0. The molecule has 4 unspecified atom stereocenters. The molecule has 0 saturated heterocycles. The molecule has 0 radical (unpaired) electrons. The predicted molar refractivity (Wildman–Crippen MR) is 166 cm³/mol. The molecule has 0 heteroatoms. The zero-order valence-corrected chi connectivity index (χ0v) is 25.0. The minimum atomic E-state index is -0.0172. The quantitative estimate of drug-likeness (QED) is 0.379. The van der Waals surface area contributed by atoms with Gasteiger partial charge in [-0.3, -0.25) is 0 Å². The fourth-order valence-electron chi connectivity index (χ4n) is 8.86. The van der Waals surface area contributed by atoms with Crippen molar-refractivity contribution >= 4 is 0 Å². The lowest BCUT2D eigenvalue weighted by Crippen LogP contribution is -2.47. The van der Waals surface area contributed by atoms with Gasteiger partial charge in [0.25, 0.3) is 0 Å². The lowest BCUT2D eigenvalue weighted by Gasteiger charge is -2.50. The fourth-order valence-corrected chi connectivity index (χ4v) is 8.86. The van der Waals surface area contributed by atoms with Crippen molar-refractivity contribution in [1.29, 1.82) is 0 Å². The molecule has 4 aliphatic rings. The first kappa shape index (κ1) is 26.6. The van der Waals surface area contributed by atoms with Crippen LogP contribution in [-0.2, 0) is 5.41 Å². The molecule has 2 fully saturated rings. The van der Waals surface area contributed by atoms with E-state index >= 15 is 0 Å². The Morgan fingerprint density at radius 1 is 0.538 bits per heavy atom. The summed E-state index contributed by atoms with van der Waals surface area (Å²) in [7, 11) is 0. The second kappa shape index (κ2) is 9.79. The van der Waals surface area contributed by atoms with Gasteiger partial charge in [0.15, 0.2) is 0 Å². The van der Waals surface area contributed by atoms with E-state index < -0.39 is 0 Å². The molecule has 0 bridgehead atoms. The van der Waals surface area contributed by atoms with Crippen molar-refractivity contribution in [3.63, 3.8) is 0 Å². The minimum absolute atomic E-state index is 0.0172. The lowest BCUT2D eigenvalue weighted by atomic mass is 9.53. The second-order valence-electron chi connectivity index (χ2n) is 14.9. The Bertz CT molecular complexity index is 1190. The van der Waals surface area contributed by atoms with Gasteiger partial charge in [0.2, 0.25) is 0 Å². The molecule has 0 spiro atoms. The molecular formula is C39H48. The van der Waals surface area contributed by atoms with Crippen LogP contribution >= 0.6 is 0 Å². The monoisotopic (exact) mass is 516 g/mol. The van der Waals surface area contributed by atoms with Crippen molar-refractivity contribution in [2.45, 2.75) is 72.6 Å². The Morgan fingerprint density at radius 3 is 1.33 bits per heavy atom. The molecule has 2 aromatic rings. The van der Waals surface area contributed by atoms with Gasteiger partial charge >= 0.3 is 0 Å². The molecular weight excluding hydrogens is 468 g/mol. The van der Waals surface area contributed by atoms with Crippen LogP contribution in [0.4, 0.5) is 0 Å². The van der Waals surface area contributed by atoms with E-state index in [0.717, 1.165) is 0 Å². The summed E-state index contributed by atoms with van der Waals surface area (Å²) in [4.78, 5) is 0. The standard InChI is InChI=1S/C39H48/c1-37(2,3)30-21-23-32-33-24-22-31(38(4,5)6)26-35(33)36(34(32)25-30)39(29-19-13-14-20-29,27-15-9-7-10-16-27)28-17-11-8-12-18-28/h7-12,15-18,21-26,29,32-36H,13-14,19-20H2,1-6H3. The van der Waals surface area contributed by atoms with Crippen LogP contribution in [0.3, 0.4) is 0 Å². The summed E-state index contributed by atoms with van der Waals surface area (Å²) in [5.41, 5.74) is 6.38. The topological polar surface area (TPSA) is 0 Å². The van der Waals surface area contributed by atoms with Crippen molar-refractivity contribution in [3.8, 4) is 0 Å². The SMILES string of the molecule is CC(C)(C)C1=CC2C(C=C1)C1C=CC(C(C)(C)C)=CC1C2C(c1ccccc1)(c1ccccc1)C1CCCC1. The summed E-state index contributed by atoms with van der Waals surface area (Å²) >= 11 is 0. The highest BCUT2D eigenvalue weighted by molar-refractivity contribution is 5.48. The second-order valence-corrected chi connectivity index (χ2v) is 14.9. The van der Waals surface area contributed by atoms with Gasteiger partial charge in [-0.1, -0.05) is 152 Å². The number of fused-ring (bicyclic) bond motifs is 3. The van der Waals surface area contributed by atoms with Crippen LogP contribution in [0, 0.1) is 46.3 Å². The van der Waals surface area contributed by atoms with E-state index in [2.05, 4.69) is 139 Å². The zero-order chi connectivity index (χ0) is 27.4. The van der Waals surface area contributed by atoms with Gasteiger partial charge < -0.3 is 0 Å². The van der Waals surface area contributed by atoms with E-state index in [1.165, 1.54) is 48.0 Å². The maximum atomic E-state index is 2.74. The number of rotatable bonds is 4. The van der Waals surface area contributed by atoms with Crippen LogP contribution in [-0.4, -0.2) is 0 Å². The van der Waals surface area contributed by atoms with Crippen LogP contribution in [0.5, 0.6) is 0 Å². The molecule has 204 valence electrons. The van der Waals surface area contributed by atoms with E-state index in [0.29, 0.717) is 35.5 Å². The van der Waals surface area contributed by atoms with E-state index in [9.17, 15) is 0 Å². The van der Waals surface area contributed by atoms with Crippen LogP contribution in [0.25, 0.3) is 0 Å². The summed E-state index contributed by atoms with van der Waals surface area (Å²) in [5, 5.41) is 0. The van der Waals surface area contributed by atoms with Gasteiger partial charge in [0, 0.05) is 5.41 Å². The highest BCUT2D eigenvalue weighted by atomic mass is 14.6. The Kier molecular flexibility index (Phi) is 6.68. The van der Waals surface area contributed by atoms with Crippen LogP contribution in [0.15, 0.2) is 108 Å². The molecule has 0 nitrogen and oxygen atoms in total. The molecule has 0 amide bonds. The molecule has 0 aromatic heterocycles. The average Bonchev–Trinajstić information content (AvgIpc) is 3.57. The molecule has 39 heavy (non-hydrogen) atoms. The Morgan fingerprint density at radius 2 is 0.949 bits per heavy atom. The summed E-state index contributed by atoms with van der Waals surface area (Å²) in [6.07, 6.45) is 21.0. The summed E-state index contributed by atoms with van der Waals surface area (Å²) in [6.45, 7) is 14.3. The van der Waals surface area contributed by atoms with Crippen molar-refractivity contribution in [3.05, 3.63) is 119 Å². The van der Waals surface area contributed by atoms with Crippen LogP contribution in [0.1, 0.15) is 78.4 Å². The highest BCUT2D eigenvalue weighted by Crippen LogP contribution is 2.65. The fraction of sp³-hybridized carbons (Fsp3) is 0.487. The molecule has 4 atom stereocenters. The normalized spacial score (nSPS) is 29.1. The largest absolute Gasteiger partial charge is 0.0799 e. The van der Waals surface area contributed by atoms with Crippen molar-refractivity contribution in [2.24, 2.45) is 46.3 Å².